The summed E-state index contributed by atoms with van der Waals surface area (Å²) >= 11 is 0. The van der Waals surface area contributed by atoms with E-state index in [2.05, 4.69) is 27.0 Å². The summed E-state index contributed by atoms with van der Waals surface area (Å²) in [6.07, 6.45) is -2.78. The second-order valence-corrected chi connectivity index (χ2v) is 8.63. The Hall–Kier alpha value is -3.67. The van der Waals surface area contributed by atoms with E-state index >= 15 is 4.39 Å². The summed E-state index contributed by atoms with van der Waals surface area (Å²) in [4.78, 5) is 5.46. The Bertz CT molecular complexity index is 1410. The molecule has 0 fully saturated rings. The van der Waals surface area contributed by atoms with Crippen LogP contribution in [0.1, 0.15) is 32.2 Å². The first-order valence-corrected chi connectivity index (χ1v) is 10.2. The van der Waals surface area contributed by atoms with Gasteiger partial charge in [-0.3, -0.25) is 4.40 Å². The van der Waals surface area contributed by atoms with Gasteiger partial charge in [0.25, 0.3) is 12.2 Å². The first-order chi connectivity index (χ1) is 15.5. The van der Waals surface area contributed by atoms with Crippen molar-refractivity contribution in [1.82, 2.24) is 19.6 Å². The minimum Gasteiger partial charge on any atom is -0.320 e. The van der Waals surface area contributed by atoms with Crippen LogP contribution in [0.3, 0.4) is 0 Å². The molecule has 0 unspecified atom stereocenters. The van der Waals surface area contributed by atoms with Gasteiger partial charge in [-0.2, -0.15) is 4.98 Å². The number of benzene rings is 2. The predicted molar refractivity (Wildman–Crippen MR) is 119 cm³/mol. The van der Waals surface area contributed by atoms with Crippen molar-refractivity contribution in [3.8, 4) is 11.8 Å². The number of fused-ring (bicyclic) bond motifs is 3. The van der Waals surface area contributed by atoms with Crippen molar-refractivity contribution in [2.24, 2.45) is 5.41 Å². The summed E-state index contributed by atoms with van der Waals surface area (Å²) in [5.74, 6) is 4.14. The van der Waals surface area contributed by atoms with Gasteiger partial charge in [-0.25, -0.2) is 17.6 Å². The van der Waals surface area contributed by atoms with E-state index in [9.17, 15) is 13.2 Å². The highest BCUT2D eigenvalue weighted by Crippen LogP contribution is 2.35. The molecule has 0 saturated carbocycles. The largest absolute Gasteiger partial charge is 0.320 e. The zero-order valence-electron chi connectivity index (χ0n) is 18.5. The Morgan fingerprint density at radius 1 is 1.09 bits per heavy atom. The molecular weight excluding hydrogens is 434 g/mol. The molecule has 33 heavy (non-hydrogen) atoms. The molecule has 0 radical (unpaired) electrons. The SMILES string of the molecule is Cc1nnc2nc(N(CC(F)F)c3cccc(C#CC(C)(C)C)c3)c3c(F)c(F)ccc3n12. The molecule has 0 aliphatic carbocycles. The Kier molecular flexibility index (Phi) is 5.70. The van der Waals surface area contributed by atoms with Gasteiger partial charge in [0, 0.05) is 16.7 Å². The lowest BCUT2D eigenvalue weighted by atomic mass is 9.97. The average molecular weight is 455 g/mol. The van der Waals surface area contributed by atoms with Crippen LogP contribution in [-0.2, 0) is 0 Å². The lowest BCUT2D eigenvalue weighted by Crippen LogP contribution is -2.26. The first kappa shape index (κ1) is 22.5. The van der Waals surface area contributed by atoms with E-state index in [0.29, 0.717) is 17.1 Å². The van der Waals surface area contributed by atoms with Crippen LogP contribution in [-0.4, -0.2) is 32.6 Å². The maximum atomic E-state index is 15.1. The van der Waals surface area contributed by atoms with E-state index in [1.807, 2.05) is 20.8 Å². The highest BCUT2D eigenvalue weighted by molar-refractivity contribution is 5.94. The van der Waals surface area contributed by atoms with Crippen LogP contribution in [0.4, 0.5) is 29.1 Å². The van der Waals surface area contributed by atoms with Gasteiger partial charge >= 0.3 is 0 Å². The van der Waals surface area contributed by atoms with Crippen LogP contribution < -0.4 is 4.90 Å². The molecule has 0 N–H and O–H groups in total. The fourth-order valence-corrected chi connectivity index (χ4v) is 3.45. The number of hydrogen-bond donors (Lipinski definition) is 0. The number of anilines is 2. The van der Waals surface area contributed by atoms with E-state index in [1.54, 1.807) is 31.2 Å². The first-order valence-electron chi connectivity index (χ1n) is 10.2. The monoisotopic (exact) mass is 455 g/mol. The Labute approximate surface area is 188 Å². The molecule has 2 heterocycles. The molecule has 2 aromatic heterocycles. The minimum absolute atomic E-state index is 0.0870. The second-order valence-electron chi connectivity index (χ2n) is 8.63. The van der Waals surface area contributed by atoms with Crippen LogP contribution in [0.2, 0.25) is 0 Å². The van der Waals surface area contributed by atoms with Crippen LogP contribution in [0, 0.1) is 35.8 Å². The second kappa shape index (κ2) is 8.35. The van der Waals surface area contributed by atoms with Gasteiger partial charge in [-0.05, 0) is 58.0 Å². The molecule has 0 saturated heterocycles. The van der Waals surface area contributed by atoms with Crippen LogP contribution in [0.15, 0.2) is 36.4 Å². The van der Waals surface area contributed by atoms with E-state index in [4.69, 9.17) is 0 Å². The lowest BCUT2D eigenvalue weighted by molar-refractivity contribution is 0.158. The molecule has 170 valence electrons. The standard InChI is InChI=1S/C24H21F4N5/c1-14-30-31-23-29-22(20-18(33(14)23)9-8-17(25)21(20)28)32(13-19(26)27)16-7-5-6-15(12-16)10-11-24(2,3)4/h5-9,12,19H,13H2,1-4H3. The van der Waals surface area contributed by atoms with E-state index in [1.165, 1.54) is 10.5 Å². The summed E-state index contributed by atoms with van der Waals surface area (Å²) in [6, 6.07) is 8.95. The molecule has 4 aromatic rings. The Balaban J connectivity index is 1.99. The number of aryl methyl sites for hydroxylation is 1. The van der Waals surface area contributed by atoms with E-state index in [0.717, 1.165) is 11.0 Å². The maximum Gasteiger partial charge on any atom is 0.257 e. The van der Waals surface area contributed by atoms with Crippen molar-refractivity contribution in [1.29, 1.82) is 0 Å². The van der Waals surface area contributed by atoms with Crippen molar-refractivity contribution >= 4 is 28.2 Å². The Morgan fingerprint density at radius 3 is 2.55 bits per heavy atom. The van der Waals surface area contributed by atoms with Gasteiger partial charge in [0.05, 0.1) is 17.4 Å². The molecule has 0 aliphatic heterocycles. The van der Waals surface area contributed by atoms with Crippen LogP contribution >= 0.6 is 0 Å². The van der Waals surface area contributed by atoms with Gasteiger partial charge in [-0.15, -0.1) is 10.2 Å². The highest BCUT2D eigenvalue weighted by Gasteiger charge is 2.25. The number of hydrogen-bond acceptors (Lipinski definition) is 4. The molecule has 0 aliphatic rings. The van der Waals surface area contributed by atoms with Gasteiger partial charge < -0.3 is 4.90 Å². The summed E-state index contributed by atoms with van der Waals surface area (Å²) in [6.45, 7) is 6.70. The molecule has 5 nitrogen and oxygen atoms in total. The van der Waals surface area contributed by atoms with Gasteiger partial charge in [0.2, 0.25) is 0 Å². The van der Waals surface area contributed by atoms with Crippen molar-refractivity contribution < 1.29 is 17.6 Å². The van der Waals surface area contributed by atoms with Crippen molar-refractivity contribution in [2.75, 3.05) is 11.4 Å². The topological polar surface area (TPSA) is 46.3 Å². The molecule has 0 spiro atoms. The summed E-state index contributed by atoms with van der Waals surface area (Å²) in [5, 5.41) is 7.66. The fraction of sp³-hybridized carbons (Fsp3) is 0.292. The third-order valence-corrected chi connectivity index (χ3v) is 4.87. The molecular formula is C24H21F4N5. The van der Waals surface area contributed by atoms with E-state index < -0.39 is 24.6 Å². The smallest absolute Gasteiger partial charge is 0.257 e. The number of aromatic nitrogens is 4. The van der Waals surface area contributed by atoms with Gasteiger partial charge in [0.1, 0.15) is 11.6 Å². The number of halogens is 4. The Morgan fingerprint density at radius 2 is 1.85 bits per heavy atom. The highest BCUT2D eigenvalue weighted by atomic mass is 19.3. The quantitative estimate of drug-likeness (QED) is 0.294. The van der Waals surface area contributed by atoms with Crippen molar-refractivity contribution in [2.45, 2.75) is 34.1 Å². The average Bonchev–Trinajstić information content (AvgIpc) is 3.13. The maximum absolute atomic E-state index is 15.1. The van der Waals surface area contributed by atoms with E-state index in [-0.39, 0.29) is 27.9 Å². The summed E-state index contributed by atoms with van der Waals surface area (Å²) in [5.41, 5.74) is 0.874. The summed E-state index contributed by atoms with van der Waals surface area (Å²) in [7, 11) is 0. The fourth-order valence-electron chi connectivity index (χ4n) is 3.45. The van der Waals surface area contributed by atoms with Gasteiger partial charge in [0.15, 0.2) is 11.6 Å². The molecule has 0 atom stereocenters. The summed E-state index contributed by atoms with van der Waals surface area (Å²) < 4.78 is 58.1. The van der Waals surface area contributed by atoms with Crippen LogP contribution in [0.5, 0.6) is 0 Å². The lowest BCUT2D eigenvalue weighted by Gasteiger charge is -2.25. The number of alkyl halides is 2. The molecule has 4 rings (SSSR count). The normalized spacial score (nSPS) is 11.8. The number of nitrogens with zero attached hydrogens (tertiary/aromatic N) is 5. The molecule has 0 bridgehead atoms. The zero-order valence-corrected chi connectivity index (χ0v) is 18.5. The molecule has 9 heteroatoms. The third kappa shape index (κ3) is 4.46. The minimum atomic E-state index is -2.78. The van der Waals surface area contributed by atoms with Crippen LogP contribution in [0.25, 0.3) is 16.7 Å². The molecule has 2 aromatic carbocycles. The van der Waals surface area contributed by atoms with Crippen molar-refractivity contribution in [3.63, 3.8) is 0 Å². The third-order valence-electron chi connectivity index (χ3n) is 4.87. The number of rotatable bonds is 4. The van der Waals surface area contributed by atoms with Crippen molar-refractivity contribution in [3.05, 3.63) is 59.4 Å². The predicted octanol–water partition coefficient (Wildman–Crippen LogP) is 5.66. The zero-order chi connectivity index (χ0) is 23.9. The molecule has 0 amide bonds. The van der Waals surface area contributed by atoms with Gasteiger partial charge in [-0.1, -0.05) is 17.9 Å².